The maximum atomic E-state index is 12.2. The highest BCUT2D eigenvalue weighted by molar-refractivity contribution is 5.79. The van der Waals surface area contributed by atoms with Crippen LogP contribution in [0.25, 0.3) is 10.9 Å². The number of ether oxygens (including phenoxy) is 1. The highest BCUT2D eigenvalue weighted by Gasteiger charge is 2.04. The van der Waals surface area contributed by atoms with Gasteiger partial charge < -0.3 is 15.0 Å². The van der Waals surface area contributed by atoms with Crippen molar-refractivity contribution in [2.45, 2.75) is 26.8 Å². The lowest BCUT2D eigenvalue weighted by atomic mass is 10.1. The average Bonchev–Trinajstić information content (AvgIpc) is 2.61. The zero-order valence-corrected chi connectivity index (χ0v) is 13.9. The fourth-order valence-corrected chi connectivity index (χ4v) is 2.57. The molecule has 5 heteroatoms. The standard InChI is InChI=1S/C19H21N3O2/c1-3-13-5-7-17-14(9-13)10-15(19(23)22-17)11-20-16-6-8-18(21-12-16)24-4-2/h5-10,12,20H,3-4,11H2,1-2H3,(H,22,23). The molecule has 0 atom stereocenters. The maximum Gasteiger partial charge on any atom is 0.253 e. The molecule has 1 aromatic carbocycles. The number of anilines is 1. The van der Waals surface area contributed by atoms with Crippen molar-refractivity contribution in [3.63, 3.8) is 0 Å². The molecular weight excluding hydrogens is 302 g/mol. The van der Waals surface area contributed by atoms with E-state index in [1.165, 1.54) is 5.56 Å². The summed E-state index contributed by atoms with van der Waals surface area (Å²) < 4.78 is 5.32. The smallest absolute Gasteiger partial charge is 0.253 e. The van der Waals surface area contributed by atoms with Crippen molar-refractivity contribution in [2.24, 2.45) is 0 Å². The zero-order chi connectivity index (χ0) is 16.9. The van der Waals surface area contributed by atoms with Crippen molar-refractivity contribution >= 4 is 16.6 Å². The topological polar surface area (TPSA) is 67.0 Å². The normalized spacial score (nSPS) is 10.8. The third kappa shape index (κ3) is 3.56. The second-order valence-corrected chi connectivity index (χ2v) is 5.57. The molecule has 2 N–H and O–H groups in total. The Bertz CT molecular complexity index is 885. The van der Waals surface area contributed by atoms with Crippen molar-refractivity contribution in [1.82, 2.24) is 9.97 Å². The summed E-state index contributed by atoms with van der Waals surface area (Å²) in [5, 5.41) is 4.28. The third-order valence-electron chi connectivity index (χ3n) is 3.91. The quantitative estimate of drug-likeness (QED) is 0.728. The molecule has 0 radical (unpaired) electrons. The number of aryl methyl sites for hydroxylation is 1. The fourth-order valence-electron chi connectivity index (χ4n) is 2.57. The van der Waals surface area contributed by atoms with Gasteiger partial charge in [-0.05, 0) is 48.6 Å². The van der Waals surface area contributed by atoms with Crippen molar-refractivity contribution in [1.29, 1.82) is 0 Å². The SMILES string of the molecule is CCOc1ccc(NCc2cc3cc(CC)ccc3[nH]c2=O)cn1. The Kier molecular flexibility index (Phi) is 4.79. The number of aromatic nitrogens is 2. The summed E-state index contributed by atoms with van der Waals surface area (Å²) in [4.78, 5) is 19.4. The van der Waals surface area contributed by atoms with Crippen LogP contribution in [0.1, 0.15) is 25.0 Å². The summed E-state index contributed by atoms with van der Waals surface area (Å²) in [7, 11) is 0. The molecule has 0 saturated heterocycles. The van der Waals surface area contributed by atoms with Crippen molar-refractivity contribution < 1.29 is 4.74 Å². The molecule has 0 fully saturated rings. The summed E-state index contributed by atoms with van der Waals surface area (Å²) in [6.07, 6.45) is 2.68. The molecule has 0 amide bonds. The van der Waals surface area contributed by atoms with Crippen molar-refractivity contribution in [3.05, 3.63) is 64.1 Å². The number of benzene rings is 1. The van der Waals surface area contributed by atoms with Crippen LogP contribution in [0.2, 0.25) is 0 Å². The van der Waals surface area contributed by atoms with E-state index in [2.05, 4.69) is 28.3 Å². The molecule has 24 heavy (non-hydrogen) atoms. The van der Waals surface area contributed by atoms with E-state index in [-0.39, 0.29) is 5.56 Å². The average molecular weight is 323 g/mol. The van der Waals surface area contributed by atoms with Gasteiger partial charge in [-0.1, -0.05) is 13.0 Å². The predicted molar refractivity (Wildman–Crippen MR) is 96.7 cm³/mol. The van der Waals surface area contributed by atoms with Gasteiger partial charge in [0.1, 0.15) is 0 Å². The molecule has 0 bridgehead atoms. The van der Waals surface area contributed by atoms with Crippen LogP contribution in [0.15, 0.2) is 47.4 Å². The minimum Gasteiger partial charge on any atom is -0.478 e. The highest BCUT2D eigenvalue weighted by Crippen LogP contribution is 2.16. The summed E-state index contributed by atoms with van der Waals surface area (Å²) >= 11 is 0. The first-order valence-electron chi connectivity index (χ1n) is 8.17. The minimum absolute atomic E-state index is 0.0712. The minimum atomic E-state index is -0.0712. The Morgan fingerprint density at radius 3 is 2.75 bits per heavy atom. The van der Waals surface area contributed by atoms with E-state index in [4.69, 9.17) is 4.74 Å². The Morgan fingerprint density at radius 2 is 2.04 bits per heavy atom. The van der Waals surface area contributed by atoms with Crippen LogP contribution in [0.4, 0.5) is 5.69 Å². The Balaban J connectivity index is 1.78. The van der Waals surface area contributed by atoms with Gasteiger partial charge in [-0.3, -0.25) is 4.79 Å². The lowest BCUT2D eigenvalue weighted by molar-refractivity contribution is 0.327. The number of nitrogens with one attached hydrogen (secondary N) is 2. The second kappa shape index (κ2) is 7.17. The number of nitrogens with zero attached hydrogens (tertiary/aromatic N) is 1. The van der Waals surface area contributed by atoms with Gasteiger partial charge in [0, 0.05) is 23.7 Å². The van der Waals surface area contributed by atoms with E-state index in [1.807, 2.05) is 37.3 Å². The molecule has 0 aliphatic heterocycles. The van der Waals surface area contributed by atoms with E-state index in [1.54, 1.807) is 6.20 Å². The lowest BCUT2D eigenvalue weighted by Gasteiger charge is -2.08. The van der Waals surface area contributed by atoms with Gasteiger partial charge in [-0.15, -0.1) is 0 Å². The molecule has 3 aromatic rings. The van der Waals surface area contributed by atoms with Gasteiger partial charge >= 0.3 is 0 Å². The number of H-pyrrole nitrogens is 1. The molecule has 5 nitrogen and oxygen atoms in total. The number of hydrogen-bond donors (Lipinski definition) is 2. The molecule has 124 valence electrons. The van der Waals surface area contributed by atoms with Gasteiger partial charge in [0.15, 0.2) is 0 Å². The molecule has 0 aliphatic rings. The highest BCUT2D eigenvalue weighted by atomic mass is 16.5. The summed E-state index contributed by atoms with van der Waals surface area (Å²) in [5.74, 6) is 0.596. The molecule has 0 unspecified atom stereocenters. The first-order valence-corrected chi connectivity index (χ1v) is 8.17. The lowest BCUT2D eigenvalue weighted by Crippen LogP contribution is -2.15. The number of pyridine rings is 2. The monoisotopic (exact) mass is 323 g/mol. The van der Waals surface area contributed by atoms with E-state index >= 15 is 0 Å². The van der Waals surface area contributed by atoms with Gasteiger partial charge in [0.25, 0.3) is 5.56 Å². The third-order valence-corrected chi connectivity index (χ3v) is 3.91. The van der Waals surface area contributed by atoms with Gasteiger partial charge in [-0.25, -0.2) is 4.98 Å². The Labute approximate surface area is 140 Å². The molecule has 3 rings (SSSR count). The van der Waals surface area contributed by atoms with Crippen LogP contribution in [-0.4, -0.2) is 16.6 Å². The first-order chi connectivity index (χ1) is 11.7. The van der Waals surface area contributed by atoms with Crippen LogP contribution in [0, 0.1) is 0 Å². The summed E-state index contributed by atoms with van der Waals surface area (Å²) in [6.45, 7) is 5.07. The van der Waals surface area contributed by atoms with E-state index in [0.29, 0.717) is 24.6 Å². The number of rotatable bonds is 6. The molecule has 0 saturated carbocycles. The number of fused-ring (bicyclic) bond motifs is 1. The predicted octanol–water partition coefficient (Wildman–Crippen LogP) is 3.50. The second-order valence-electron chi connectivity index (χ2n) is 5.57. The van der Waals surface area contributed by atoms with E-state index in [0.717, 1.165) is 23.0 Å². The molecular formula is C19H21N3O2. The Hall–Kier alpha value is -2.82. The van der Waals surface area contributed by atoms with Crippen LogP contribution in [-0.2, 0) is 13.0 Å². The Morgan fingerprint density at radius 1 is 1.17 bits per heavy atom. The molecule has 0 aliphatic carbocycles. The van der Waals surface area contributed by atoms with Gasteiger partial charge in [-0.2, -0.15) is 0 Å². The molecule has 2 aromatic heterocycles. The van der Waals surface area contributed by atoms with Gasteiger partial charge in [0.05, 0.1) is 18.5 Å². The van der Waals surface area contributed by atoms with Crippen molar-refractivity contribution in [2.75, 3.05) is 11.9 Å². The van der Waals surface area contributed by atoms with Crippen LogP contribution in [0.5, 0.6) is 5.88 Å². The van der Waals surface area contributed by atoms with E-state index < -0.39 is 0 Å². The van der Waals surface area contributed by atoms with Crippen LogP contribution in [0.3, 0.4) is 0 Å². The largest absolute Gasteiger partial charge is 0.478 e. The summed E-state index contributed by atoms with van der Waals surface area (Å²) in [6, 6.07) is 11.8. The van der Waals surface area contributed by atoms with Crippen LogP contribution < -0.4 is 15.6 Å². The zero-order valence-electron chi connectivity index (χ0n) is 13.9. The van der Waals surface area contributed by atoms with E-state index in [9.17, 15) is 4.79 Å². The fraction of sp³-hybridized carbons (Fsp3) is 0.263. The number of hydrogen-bond acceptors (Lipinski definition) is 4. The molecule has 2 heterocycles. The van der Waals surface area contributed by atoms with Crippen LogP contribution >= 0.6 is 0 Å². The maximum absolute atomic E-state index is 12.2. The number of aromatic amines is 1. The summed E-state index contributed by atoms with van der Waals surface area (Å²) in [5.41, 5.74) is 3.59. The first kappa shape index (κ1) is 16.1. The van der Waals surface area contributed by atoms with Gasteiger partial charge in [0.2, 0.25) is 5.88 Å². The molecule has 0 spiro atoms. The van der Waals surface area contributed by atoms with Crippen molar-refractivity contribution in [3.8, 4) is 5.88 Å².